The monoisotopic (exact) mass is 442 g/mol. The molecule has 0 aliphatic carbocycles. The molecule has 0 unspecified atom stereocenters. The highest BCUT2D eigenvalue weighted by atomic mass is 32.2. The largest absolute Gasteiger partial charge is 0.496 e. The number of carbonyl (C=O) groups is 1. The Balaban J connectivity index is 1.98. The molecule has 0 spiro atoms. The third-order valence-electron chi connectivity index (χ3n) is 5.12. The molecule has 9 heteroatoms. The van der Waals surface area contributed by atoms with E-state index < -0.39 is 21.5 Å². The highest BCUT2D eigenvalue weighted by Gasteiger charge is 2.33. The summed E-state index contributed by atoms with van der Waals surface area (Å²) in [5, 5.41) is 12.3. The van der Waals surface area contributed by atoms with Gasteiger partial charge in [-0.3, -0.25) is 9.10 Å². The van der Waals surface area contributed by atoms with E-state index in [2.05, 4.69) is 11.4 Å². The lowest BCUT2D eigenvalue weighted by Crippen LogP contribution is -2.51. The average Bonchev–Trinajstić information content (AvgIpc) is 3.17. The molecule has 8 nitrogen and oxygen atoms in total. The predicted molar refractivity (Wildman–Crippen MR) is 118 cm³/mol. The highest BCUT2D eigenvalue weighted by molar-refractivity contribution is 7.92. The minimum Gasteiger partial charge on any atom is -0.496 e. The third-order valence-corrected chi connectivity index (χ3v) is 6.93. The molecule has 2 aromatic rings. The van der Waals surface area contributed by atoms with Gasteiger partial charge >= 0.3 is 0 Å². The molecule has 3 rings (SSSR count). The number of sulfonamides is 1. The first kappa shape index (κ1) is 22.6. The van der Waals surface area contributed by atoms with Gasteiger partial charge in [-0.05, 0) is 57.3 Å². The number of anilines is 1. The van der Waals surface area contributed by atoms with Gasteiger partial charge in [0.15, 0.2) is 0 Å². The first-order valence-corrected chi connectivity index (χ1v) is 11.2. The number of hydrogen-bond acceptors (Lipinski definition) is 6. The van der Waals surface area contributed by atoms with Crippen molar-refractivity contribution in [1.82, 2.24) is 10.2 Å². The molecule has 1 N–H and O–H groups in total. The number of para-hydroxylation sites is 1. The van der Waals surface area contributed by atoms with Gasteiger partial charge in [0.2, 0.25) is 0 Å². The number of methoxy groups -OCH3 is 1. The maximum atomic E-state index is 13.4. The molecule has 0 fully saturated rings. The number of nitriles is 1. The highest BCUT2D eigenvalue weighted by Crippen LogP contribution is 2.34. The van der Waals surface area contributed by atoms with Crippen LogP contribution in [0.15, 0.2) is 47.4 Å². The number of ether oxygens (including phenoxy) is 1. The summed E-state index contributed by atoms with van der Waals surface area (Å²) < 4.78 is 33.3. The molecular weight excluding hydrogens is 416 g/mol. The van der Waals surface area contributed by atoms with Crippen molar-refractivity contribution in [3.05, 3.63) is 53.6 Å². The second-order valence-electron chi connectivity index (χ2n) is 7.95. The summed E-state index contributed by atoms with van der Waals surface area (Å²) in [6.07, 6.45) is 0.629. The molecule has 0 bridgehead atoms. The van der Waals surface area contributed by atoms with E-state index in [0.717, 1.165) is 5.56 Å². The standard InChI is InChI=1S/C22H26N4O4S/c1-22(14-23,15-25(2)3)24-21(27)18-13-17(9-10-20(18)30-4)31(28,29)26-12-11-16-7-5-6-8-19(16)26/h5-10,13H,11-12,15H2,1-4H3,(H,24,27)/t22-/m0/s1. The zero-order valence-electron chi connectivity index (χ0n) is 18.0. The van der Waals surface area contributed by atoms with Crippen molar-refractivity contribution in [3.63, 3.8) is 0 Å². The van der Waals surface area contributed by atoms with Crippen LogP contribution in [-0.2, 0) is 16.4 Å². The summed E-state index contributed by atoms with van der Waals surface area (Å²) in [6, 6.07) is 13.7. The number of likely N-dealkylation sites (N-methyl/N-ethyl adjacent to an activating group) is 1. The smallest absolute Gasteiger partial charge is 0.264 e. The molecule has 0 aromatic heterocycles. The van der Waals surface area contributed by atoms with Gasteiger partial charge in [-0.25, -0.2) is 8.42 Å². The number of benzene rings is 2. The lowest BCUT2D eigenvalue weighted by Gasteiger charge is -2.27. The van der Waals surface area contributed by atoms with Gasteiger partial charge in [-0.2, -0.15) is 5.26 Å². The lowest BCUT2D eigenvalue weighted by atomic mass is 10.0. The van der Waals surface area contributed by atoms with Crippen LogP contribution >= 0.6 is 0 Å². The lowest BCUT2D eigenvalue weighted by molar-refractivity contribution is 0.0911. The van der Waals surface area contributed by atoms with E-state index in [1.54, 1.807) is 38.1 Å². The van der Waals surface area contributed by atoms with E-state index in [0.29, 0.717) is 25.2 Å². The molecule has 164 valence electrons. The van der Waals surface area contributed by atoms with Crippen molar-refractivity contribution >= 4 is 21.6 Å². The maximum Gasteiger partial charge on any atom is 0.264 e. The van der Waals surface area contributed by atoms with Crippen molar-refractivity contribution in [2.75, 3.05) is 38.6 Å². The van der Waals surface area contributed by atoms with Gasteiger partial charge in [-0.1, -0.05) is 18.2 Å². The molecule has 0 saturated heterocycles. The maximum absolute atomic E-state index is 13.4. The van der Waals surface area contributed by atoms with Crippen LogP contribution in [0.25, 0.3) is 0 Å². The molecule has 0 radical (unpaired) electrons. The van der Waals surface area contributed by atoms with E-state index in [4.69, 9.17) is 4.74 Å². The Morgan fingerprint density at radius 1 is 1.29 bits per heavy atom. The van der Waals surface area contributed by atoms with Crippen LogP contribution in [0.1, 0.15) is 22.8 Å². The van der Waals surface area contributed by atoms with Crippen molar-refractivity contribution < 1.29 is 17.9 Å². The molecule has 1 aliphatic heterocycles. The van der Waals surface area contributed by atoms with Crippen LogP contribution in [-0.4, -0.2) is 59.1 Å². The molecule has 1 atom stereocenters. The predicted octanol–water partition coefficient (Wildman–Crippen LogP) is 2.02. The Hall–Kier alpha value is -3.09. The van der Waals surface area contributed by atoms with Crippen LogP contribution < -0.4 is 14.4 Å². The Kier molecular flexibility index (Phi) is 6.25. The van der Waals surface area contributed by atoms with E-state index in [1.807, 2.05) is 12.1 Å². The van der Waals surface area contributed by atoms with E-state index in [1.165, 1.54) is 29.6 Å². The number of fused-ring (bicyclic) bond motifs is 1. The third kappa shape index (κ3) is 4.50. The van der Waals surface area contributed by atoms with Gasteiger partial charge in [0.25, 0.3) is 15.9 Å². The first-order chi connectivity index (χ1) is 14.6. The summed E-state index contributed by atoms with van der Waals surface area (Å²) in [5.74, 6) is -0.356. The SMILES string of the molecule is COc1ccc(S(=O)(=O)N2CCc3ccccc32)cc1C(=O)N[C@@](C)(C#N)CN(C)C. The number of rotatable bonds is 7. The Morgan fingerprint density at radius 2 is 2.00 bits per heavy atom. The molecular formula is C22H26N4O4S. The quantitative estimate of drug-likeness (QED) is 0.704. The van der Waals surface area contributed by atoms with Crippen LogP contribution in [0.2, 0.25) is 0 Å². The number of nitrogens with one attached hydrogen (secondary N) is 1. The Labute approximate surface area is 183 Å². The van der Waals surface area contributed by atoms with Crippen LogP contribution in [0.3, 0.4) is 0 Å². The Morgan fingerprint density at radius 3 is 2.65 bits per heavy atom. The summed E-state index contributed by atoms with van der Waals surface area (Å²) in [5.41, 5.74) is 0.503. The van der Waals surface area contributed by atoms with Crippen LogP contribution in [0.4, 0.5) is 5.69 Å². The van der Waals surface area contributed by atoms with Crippen molar-refractivity contribution in [2.45, 2.75) is 23.8 Å². The molecule has 2 aromatic carbocycles. The van der Waals surface area contributed by atoms with Crippen molar-refractivity contribution in [1.29, 1.82) is 5.26 Å². The van der Waals surface area contributed by atoms with Gasteiger partial charge in [0.05, 0.1) is 29.3 Å². The van der Waals surface area contributed by atoms with Gasteiger partial charge in [0.1, 0.15) is 11.3 Å². The second kappa shape index (κ2) is 8.57. The molecule has 1 heterocycles. The van der Waals surface area contributed by atoms with Crippen molar-refractivity contribution in [2.24, 2.45) is 0 Å². The average molecular weight is 443 g/mol. The van der Waals surface area contributed by atoms with E-state index in [9.17, 15) is 18.5 Å². The fourth-order valence-electron chi connectivity index (χ4n) is 3.76. The second-order valence-corrected chi connectivity index (χ2v) is 9.82. The number of hydrogen-bond donors (Lipinski definition) is 1. The van der Waals surface area contributed by atoms with Crippen LogP contribution in [0.5, 0.6) is 5.75 Å². The van der Waals surface area contributed by atoms with Crippen molar-refractivity contribution in [3.8, 4) is 11.8 Å². The summed E-state index contributed by atoms with van der Waals surface area (Å²) in [7, 11) is 1.12. The summed E-state index contributed by atoms with van der Waals surface area (Å²) in [4.78, 5) is 14.8. The molecule has 1 amide bonds. The Bertz CT molecular complexity index is 1140. The first-order valence-electron chi connectivity index (χ1n) is 9.78. The van der Waals surface area contributed by atoms with E-state index >= 15 is 0 Å². The molecule has 0 saturated carbocycles. The normalized spacial score (nSPS) is 15.2. The van der Waals surface area contributed by atoms with Gasteiger partial charge in [0, 0.05) is 13.1 Å². The van der Waals surface area contributed by atoms with Crippen LogP contribution in [0, 0.1) is 11.3 Å². The molecule has 31 heavy (non-hydrogen) atoms. The fourth-order valence-corrected chi connectivity index (χ4v) is 5.29. The minimum absolute atomic E-state index is 0.0126. The number of nitrogens with zero attached hydrogens (tertiary/aromatic N) is 3. The summed E-state index contributed by atoms with van der Waals surface area (Å²) in [6.45, 7) is 2.24. The summed E-state index contributed by atoms with van der Waals surface area (Å²) >= 11 is 0. The number of carbonyl (C=O) groups excluding carboxylic acids is 1. The number of amides is 1. The van der Waals surface area contributed by atoms with E-state index in [-0.39, 0.29) is 16.2 Å². The zero-order valence-corrected chi connectivity index (χ0v) is 18.9. The topological polar surface area (TPSA) is 103 Å². The molecule has 1 aliphatic rings. The fraction of sp³-hybridized carbons (Fsp3) is 0.364. The van der Waals surface area contributed by atoms with Gasteiger partial charge < -0.3 is 15.0 Å². The zero-order chi connectivity index (χ0) is 22.8. The minimum atomic E-state index is -3.88. The van der Waals surface area contributed by atoms with Gasteiger partial charge in [-0.15, -0.1) is 0 Å².